The third-order valence-electron chi connectivity index (χ3n) is 4.88. The zero-order valence-electron chi connectivity index (χ0n) is 15.6. The van der Waals surface area contributed by atoms with E-state index < -0.39 is 12.0 Å². The maximum Gasteiger partial charge on any atom is 0.338 e. The molecule has 1 aliphatic carbocycles. The zero-order chi connectivity index (χ0) is 19.6. The molecule has 27 heavy (non-hydrogen) atoms. The van der Waals surface area contributed by atoms with Crippen LogP contribution in [0.5, 0.6) is 11.5 Å². The molecule has 8 heteroatoms. The van der Waals surface area contributed by atoms with Crippen LogP contribution in [0.15, 0.2) is 27.9 Å². The van der Waals surface area contributed by atoms with Crippen LogP contribution >= 0.6 is 15.9 Å². The lowest BCUT2D eigenvalue weighted by Crippen LogP contribution is -2.45. The Hall–Kier alpha value is -2.22. The van der Waals surface area contributed by atoms with Crippen molar-refractivity contribution in [3.63, 3.8) is 0 Å². The molecule has 0 bridgehead atoms. The van der Waals surface area contributed by atoms with Gasteiger partial charge in [0.2, 0.25) is 0 Å². The van der Waals surface area contributed by atoms with Gasteiger partial charge < -0.3 is 24.8 Å². The van der Waals surface area contributed by atoms with Crippen LogP contribution in [0, 0.1) is 0 Å². The summed E-state index contributed by atoms with van der Waals surface area (Å²) >= 11 is 3.42. The molecule has 0 radical (unpaired) electrons. The summed E-state index contributed by atoms with van der Waals surface area (Å²) in [5.74, 6) is 0.662. The van der Waals surface area contributed by atoms with E-state index in [2.05, 4.69) is 26.6 Å². The minimum atomic E-state index is -0.704. The van der Waals surface area contributed by atoms with Gasteiger partial charge in [-0.05, 0) is 60.7 Å². The van der Waals surface area contributed by atoms with Crippen molar-refractivity contribution in [2.45, 2.75) is 44.8 Å². The highest BCUT2D eigenvalue weighted by molar-refractivity contribution is 9.10. The van der Waals surface area contributed by atoms with Gasteiger partial charge in [-0.3, -0.25) is 0 Å². The predicted octanol–water partition coefficient (Wildman–Crippen LogP) is 3.58. The average molecular weight is 439 g/mol. The Balaban J connectivity index is 2.02. The van der Waals surface area contributed by atoms with Gasteiger partial charge in [-0.15, -0.1) is 0 Å². The van der Waals surface area contributed by atoms with E-state index >= 15 is 0 Å². The summed E-state index contributed by atoms with van der Waals surface area (Å²) in [4.78, 5) is 25.0. The van der Waals surface area contributed by atoms with E-state index in [0.29, 0.717) is 32.8 Å². The number of esters is 1. The van der Waals surface area contributed by atoms with E-state index in [0.717, 1.165) is 25.7 Å². The molecular weight excluding hydrogens is 416 g/mol. The fourth-order valence-corrected chi connectivity index (χ4v) is 4.01. The molecule has 0 saturated heterocycles. The largest absolute Gasteiger partial charge is 0.496 e. The summed E-state index contributed by atoms with van der Waals surface area (Å²) in [5.41, 5.74) is 1.45. The summed E-state index contributed by atoms with van der Waals surface area (Å²) in [6, 6.07) is 2.40. The highest BCUT2D eigenvalue weighted by atomic mass is 79.9. The second-order valence-electron chi connectivity index (χ2n) is 6.61. The van der Waals surface area contributed by atoms with Gasteiger partial charge in [-0.1, -0.05) is 0 Å². The first-order valence-corrected chi connectivity index (χ1v) is 9.64. The Labute approximate surface area is 166 Å². The molecule has 0 aromatic heterocycles. The van der Waals surface area contributed by atoms with Crippen molar-refractivity contribution in [1.29, 1.82) is 0 Å². The number of carbonyl (C=O) groups excluding carboxylic acids is 2. The van der Waals surface area contributed by atoms with Gasteiger partial charge in [0.05, 0.1) is 30.3 Å². The lowest BCUT2D eigenvalue weighted by atomic mass is 9.94. The minimum Gasteiger partial charge on any atom is -0.496 e. The van der Waals surface area contributed by atoms with Gasteiger partial charge in [-0.25, -0.2) is 9.59 Å². The lowest BCUT2D eigenvalue weighted by molar-refractivity contribution is -0.144. The maximum absolute atomic E-state index is 12.9. The molecule has 0 unspecified atom stereocenters. The van der Waals surface area contributed by atoms with Crippen molar-refractivity contribution in [2.24, 2.45) is 0 Å². The molecule has 1 saturated carbocycles. The molecule has 2 N–H and O–H groups in total. The fourth-order valence-electron chi connectivity index (χ4n) is 3.53. The van der Waals surface area contributed by atoms with Crippen molar-refractivity contribution in [3.05, 3.63) is 33.4 Å². The topological polar surface area (TPSA) is 85.9 Å². The highest BCUT2D eigenvalue weighted by Gasteiger charge is 2.35. The number of hydrogen-bond donors (Lipinski definition) is 2. The number of rotatable bonds is 5. The molecule has 0 spiro atoms. The molecule has 1 aliphatic heterocycles. The van der Waals surface area contributed by atoms with Crippen molar-refractivity contribution in [3.8, 4) is 11.5 Å². The summed E-state index contributed by atoms with van der Waals surface area (Å²) in [7, 11) is 3.08. The first-order valence-electron chi connectivity index (χ1n) is 8.85. The Kier molecular flexibility index (Phi) is 5.94. The van der Waals surface area contributed by atoms with Crippen molar-refractivity contribution in [1.82, 2.24) is 10.6 Å². The average Bonchev–Trinajstić information content (AvgIpc) is 3.13. The summed E-state index contributed by atoms with van der Waals surface area (Å²) in [6.07, 6.45) is 3.80. The number of amides is 2. The molecule has 2 aliphatic rings. The van der Waals surface area contributed by atoms with Crippen LogP contribution < -0.4 is 20.1 Å². The maximum atomic E-state index is 12.9. The van der Waals surface area contributed by atoms with E-state index in [1.807, 2.05) is 0 Å². The van der Waals surface area contributed by atoms with E-state index in [1.165, 1.54) is 7.11 Å². The molecule has 3 rings (SSSR count). The third-order valence-corrected chi connectivity index (χ3v) is 5.50. The number of halogens is 1. The van der Waals surface area contributed by atoms with Crippen LogP contribution in [-0.4, -0.2) is 32.3 Å². The quantitative estimate of drug-likeness (QED) is 0.686. The van der Waals surface area contributed by atoms with E-state index in [-0.39, 0.29) is 12.1 Å². The van der Waals surface area contributed by atoms with Gasteiger partial charge in [-0.2, -0.15) is 0 Å². The standard InChI is InChI=1S/C19H23BrN2O5/c1-10-16(18(23)27-11-6-4-5-7-11)17(22-19(24)21-10)12-8-15(26-3)13(20)9-14(12)25-2/h8-9,11,17H,4-7H2,1-3H3,(H2,21,22,24)/t17-/m0/s1. The Morgan fingerprint density at radius 1 is 1.15 bits per heavy atom. The van der Waals surface area contributed by atoms with Gasteiger partial charge in [0.15, 0.2) is 0 Å². The van der Waals surface area contributed by atoms with Crippen LogP contribution in [0.25, 0.3) is 0 Å². The molecule has 1 aromatic rings. The Morgan fingerprint density at radius 3 is 2.44 bits per heavy atom. The van der Waals surface area contributed by atoms with Crippen molar-refractivity contribution >= 4 is 27.9 Å². The molecule has 7 nitrogen and oxygen atoms in total. The van der Waals surface area contributed by atoms with E-state index in [9.17, 15) is 9.59 Å². The van der Waals surface area contributed by atoms with Crippen LogP contribution in [0.1, 0.15) is 44.2 Å². The summed E-state index contributed by atoms with van der Waals surface area (Å²) in [6.45, 7) is 1.69. The second-order valence-corrected chi connectivity index (χ2v) is 7.46. The van der Waals surface area contributed by atoms with Gasteiger partial charge >= 0.3 is 12.0 Å². The number of carbonyl (C=O) groups is 2. The van der Waals surface area contributed by atoms with Gasteiger partial charge in [0.25, 0.3) is 0 Å². The summed E-state index contributed by atoms with van der Waals surface area (Å²) < 4.78 is 17.3. The van der Waals surface area contributed by atoms with Crippen LogP contribution in [0.3, 0.4) is 0 Å². The van der Waals surface area contributed by atoms with E-state index in [1.54, 1.807) is 26.2 Å². The number of ether oxygens (including phenoxy) is 3. The Bertz CT molecular complexity index is 787. The molecule has 1 heterocycles. The van der Waals surface area contributed by atoms with Gasteiger partial charge in [0, 0.05) is 11.3 Å². The number of nitrogens with one attached hydrogen (secondary N) is 2. The van der Waals surface area contributed by atoms with E-state index in [4.69, 9.17) is 14.2 Å². The Morgan fingerprint density at radius 2 is 1.81 bits per heavy atom. The van der Waals surface area contributed by atoms with Crippen molar-refractivity contribution in [2.75, 3.05) is 14.2 Å². The first kappa shape index (κ1) is 19.5. The highest BCUT2D eigenvalue weighted by Crippen LogP contribution is 2.40. The molecule has 1 atom stereocenters. The number of urea groups is 1. The second kappa shape index (κ2) is 8.21. The third kappa shape index (κ3) is 4.05. The first-order chi connectivity index (χ1) is 12.9. The van der Waals surface area contributed by atoms with Crippen LogP contribution in [0.2, 0.25) is 0 Å². The SMILES string of the molecule is COc1cc([C@@H]2NC(=O)NC(C)=C2C(=O)OC2CCCC2)c(OC)cc1Br. The molecule has 1 fully saturated rings. The van der Waals surface area contributed by atoms with Crippen molar-refractivity contribution < 1.29 is 23.8 Å². The predicted molar refractivity (Wildman–Crippen MR) is 103 cm³/mol. The smallest absolute Gasteiger partial charge is 0.338 e. The normalized spacial score (nSPS) is 20.1. The molecule has 1 aromatic carbocycles. The van der Waals surface area contributed by atoms with Gasteiger partial charge in [0.1, 0.15) is 17.6 Å². The number of allylic oxidation sites excluding steroid dienone is 1. The molecule has 2 amide bonds. The number of benzene rings is 1. The minimum absolute atomic E-state index is 0.0718. The fraction of sp³-hybridized carbons (Fsp3) is 0.474. The zero-order valence-corrected chi connectivity index (χ0v) is 17.1. The molecular formula is C19H23BrN2O5. The van der Waals surface area contributed by atoms with Crippen LogP contribution in [0.4, 0.5) is 4.79 Å². The number of methoxy groups -OCH3 is 2. The lowest BCUT2D eigenvalue weighted by Gasteiger charge is -2.30. The number of hydrogen-bond acceptors (Lipinski definition) is 5. The summed E-state index contributed by atoms with van der Waals surface area (Å²) in [5, 5.41) is 5.46. The van der Waals surface area contributed by atoms with Crippen LogP contribution in [-0.2, 0) is 9.53 Å². The molecule has 146 valence electrons. The monoisotopic (exact) mass is 438 g/mol.